The Morgan fingerprint density at radius 1 is 1.21 bits per heavy atom. The van der Waals surface area contributed by atoms with Gasteiger partial charge >= 0.3 is 0 Å². The number of rotatable bonds is 6. The normalized spacial score (nSPS) is 40.0. The van der Waals surface area contributed by atoms with Crippen LogP contribution in [0.2, 0.25) is 0 Å². The summed E-state index contributed by atoms with van der Waals surface area (Å²) in [6, 6.07) is 0. The van der Waals surface area contributed by atoms with Gasteiger partial charge in [0.25, 0.3) is 0 Å². The summed E-state index contributed by atoms with van der Waals surface area (Å²) in [6.45, 7) is 6.86. The Kier molecular flexibility index (Phi) is 5.94. The summed E-state index contributed by atoms with van der Waals surface area (Å²) in [5.41, 5.74) is 0.834. The van der Waals surface area contributed by atoms with Gasteiger partial charge in [0, 0.05) is 12.1 Å². The number of nitrogens with zero attached hydrogens (tertiary/aromatic N) is 2. The van der Waals surface area contributed by atoms with E-state index in [4.69, 9.17) is 0 Å². The number of aromatic nitrogens is 2. The molecule has 0 aliphatic heterocycles. The number of aliphatic hydroxyl groups is 1. The summed E-state index contributed by atoms with van der Waals surface area (Å²) < 4.78 is 1.82. The molecule has 4 rings (SSSR count). The van der Waals surface area contributed by atoms with Crippen LogP contribution < -0.4 is 0 Å². The van der Waals surface area contributed by atoms with Gasteiger partial charge in [-0.25, -0.2) is 0 Å². The maximum absolute atomic E-state index is 13.1. The van der Waals surface area contributed by atoms with Gasteiger partial charge in [0.2, 0.25) is 0 Å². The van der Waals surface area contributed by atoms with Crippen molar-refractivity contribution in [3.8, 4) is 0 Å². The maximum atomic E-state index is 13.1. The van der Waals surface area contributed by atoms with Gasteiger partial charge in [-0.15, -0.1) is 0 Å². The van der Waals surface area contributed by atoms with Crippen LogP contribution in [0.5, 0.6) is 0 Å². The second-order valence-electron chi connectivity index (χ2n) is 11.2. The molecule has 4 heteroatoms. The number of ketones is 1. The van der Waals surface area contributed by atoms with Crippen molar-refractivity contribution in [1.29, 1.82) is 0 Å². The van der Waals surface area contributed by atoms with Gasteiger partial charge in [-0.3, -0.25) is 9.48 Å². The van der Waals surface area contributed by atoms with Crippen LogP contribution in [0.3, 0.4) is 0 Å². The average molecular weight is 401 g/mol. The highest BCUT2D eigenvalue weighted by molar-refractivity contribution is 5.81. The summed E-state index contributed by atoms with van der Waals surface area (Å²) in [6.07, 6.45) is 16.8. The maximum Gasteiger partial charge on any atom is 0.157 e. The predicted octanol–water partition coefficient (Wildman–Crippen LogP) is 5.31. The van der Waals surface area contributed by atoms with E-state index in [-0.39, 0.29) is 11.3 Å². The van der Waals surface area contributed by atoms with Gasteiger partial charge in [0.05, 0.1) is 18.3 Å². The molecule has 0 bridgehead atoms. The number of carbonyl (C=O) groups is 1. The second kappa shape index (κ2) is 8.17. The van der Waals surface area contributed by atoms with Crippen LogP contribution in [0, 0.1) is 36.0 Å². The minimum atomic E-state index is -0.442. The highest BCUT2D eigenvalue weighted by atomic mass is 16.3. The minimum Gasteiger partial charge on any atom is -0.390 e. The molecule has 1 aromatic heterocycles. The molecule has 3 aliphatic rings. The molecule has 29 heavy (non-hydrogen) atoms. The lowest BCUT2D eigenvalue weighted by Crippen LogP contribution is -2.41. The molecule has 0 amide bonds. The van der Waals surface area contributed by atoms with Crippen molar-refractivity contribution in [2.24, 2.45) is 29.1 Å². The number of aryl methyl sites for hydroxylation is 1. The standard InChI is InChI=1S/C25H40N2O2/c1-18-15-26-27(16-18)17-23(28)22-8-5-11-24(22,2)12-9-19-6-4-7-20-14-25(3,29)13-10-21(19)20/h15-16,19-22,29H,4-14,17H2,1-3H3. The third-order valence-electron chi connectivity index (χ3n) is 8.72. The fraction of sp³-hybridized carbons (Fsp3) is 0.840. The summed E-state index contributed by atoms with van der Waals surface area (Å²) in [4.78, 5) is 13.1. The monoisotopic (exact) mass is 400 g/mol. The minimum absolute atomic E-state index is 0.159. The molecule has 162 valence electrons. The molecular weight excluding hydrogens is 360 g/mol. The fourth-order valence-electron chi connectivity index (χ4n) is 7.10. The van der Waals surface area contributed by atoms with Gasteiger partial charge in [-0.1, -0.05) is 32.6 Å². The van der Waals surface area contributed by atoms with Crippen molar-refractivity contribution in [3.63, 3.8) is 0 Å². The van der Waals surface area contributed by atoms with E-state index in [1.54, 1.807) is 0 Å². The second-order valence-corrected chi connectivity index (χ2v) is 11.2. The smallest absolute Gasteiger partial charge is 0.157 e. The first-order valence-electron chi connectivity index (χ1n) is 12.0. The van der Waals surface area contributed by atoms with Crippen molar-refractivity contribution in [2.75, 3.05) is 0 Å². The van der Waals surface area contributed by atoms with Gasteiger partial charge in [-0.05, 0) is 87.5 Å². The molecule has 4 nitrogen and oxygen atoms in total. The predicted molar refractivity (Wildman–Crippen MR) is 115 cm³/mol. The van der Waals surface area contributed by atoms with Crippen LogP contribution in [0.4, 0.5) is 0 Å². The van der Waals surface area contributed by atoms with Crippen LogP contribution in [0.25, 0.3) is 0 Å². The lowest BCUT2D eigenvalue weighted by atomic mass is 9.60. The van der Waals surface area contributed by atoms with Crippen molar-refractivity contribution >= 4 is 5.78 Å². The molecule has 1 heterocycles. The SMILES string of the molecule is Cc1cnn(CC(=O)C2CCCC2(C)CCC2CCCC3CC(C)(O)CCC23)c1. The third-order valence-corrected chi connectivity index (χ3v) is 8.72. The van der Waals surface area contributed by atoms with Crippen LogP contribution in [-0.2, 0) is 11.3 Å². The molecule has 3 saturated carbocycles. The Balaban J connectivity index is 1.37. The number of hydrogen-bond donors (Lipinski definition) is 1. The molecule has 3 fully saturated rings. The number of carbonyl (C=O) groups excluding carboxylic acids is 1. The van der Waals surface area contributed by atoms with E-state index in [2.05, 4.69) is 12.0 Å². The van der Waals surface area contributed by atoms with Crippen LogP contribution in [0.1, 0.15) is 90.0 Å². The van der Waals surface area contributed by atoms with E-state index in [9.17, 15) is 9.90 Å². The van der Waals surface area contributed by atoms with Gasteiger partial charge in [0.1, 0.15) is 0 Å². The largest absolute Gasteiger partial charge is 0.390 e. The van der Waals surface area contributed by atoms with Crippen molar-refractivity contribution in [3.05, 3.63) is 18.0 Å². The average Bonchev–Trinajstić information content (AvgIpc) is 3.24. The number of Topliss-reactive ketones (excluding diaryl/α,β-unsaturated/α-hetero) is 1. The van der Waals surface area contributed by atoms with Crippen molar-refractivity contribution < 1.29 is 9.90 Å². The number of hydrogen-bond acceptors (Lipinski definition) is 3. The van der Waals surface area contributed by atoms with Crippen LogP contribution in [0.15, 0.2) is 12.4 Å². The third kappa shape index (κ3) is 4.62. The van der Waals surface area contributed by atoms with Gasteiger partial charge in [-0.2, -0.15) is 5.10 Å². The summed E-state index contributed by atoms with van der Waals surface area (Å²) >= 11 is 0. The Hall–Kier alpha value is -1.16. The zero-order valence-electron chi connectivity index (χ0n) is 18.7. The first-order chi connectivity index (χ1) is 13.8. The molecule has 6 atom stereocenters. The van der Waals surface area contributed by atoms with Crippen molar-refractivity contribution in [2.45, 2.75) is 104 Å². The van der Waals surface area contributed by atoms with Crippen LogP contribution in [-0.4, -0.2) is 26.3 Å². The molecule has 1 aromatic rings. The first-order valence-corrected chi connectivity index (χ1v) is 12.0. The van der Waals surface area contributed by atoms with Crippen LogP contribution >= 0.6 is 0 Å². The molecule has 1 N–H and O–H groups in total. The number of fused-ring (bicyclic) bond motifs is 1. The molecule has 0 aromatic carbocycles. The van der Waals surface area contributed by atoms with E-state index in [0.717, 1.165) is 42.6 Å². The zero-order valence-corrected chi connectivity index (χ0v) is 18.7. The summed E-state index contributed by atoms with van der Waals surface area (Å²) in [5.74, 6) is 2.89. The lowest BCUT2D eigenvalue weighted by molar-refractivity contribution is -0.126. The first kappa shape index (κ1) is 21.1. The molecular formula is C25H40N2O2. The highest BCUT2D eigenvalue weighted by Crippen LogP contribution is 2.52. The molecule has 0 saturated heterocycles. The quantitative estimate of drug-likeness (QED) is 0.703. The topological polar surface area (TPSA) is 55.1 Å². The Labute approximate surface area is 176 Å². The van der Waals surface area contributed by atoms with E-state index in [0.29, 0.717) is 12.3 Å². The highest BCUT2D eigenvalue weighted by Gasteiger charge is 2.45. The van der Waals surface area contributed by atoms with Gasteiger partial charge in [0.15, 0.2) is 5.78 Å². The van der Waals surface area contributed by atoms with Gasteiger partial charge < -0.3 is 5.11 Å². The molecule has 0 spiro atoms. The van der Waals surface area contributed by atoms with E-state index in [1.165, 1.54) is 51.4 Å². The van der Waals surface area contributed by atoms with E-state index >= 15 is 0 Å². The Bertz CT molecular complexity index is 724. The van der Waals surface area contributed by atoms with E-state index < -0.39 is 5.60 Å². The summed E-state index contributed by atoms with van der Waals surface area (Å²) in [7, 11) is 0. The molecule has 3 aliphatic carbocycles. The molecule has 0 radical (unpaired) electrons. The lowest BCUT2D eigenvalue weighted by Gasteiger charge is -2.47. The Morgan fingerprint density at radius 3 is 2.79 bits per heavy atom. The summed E-state index contributed by atoms with van der Waals surface area (Å²) in [5, 5.41) is 14.8. The fourth-order valence-corrected chi connectivity index (χ4v) is 7.10. The zero-order chi connectivity index (χ0) is 20.6. The van der Waals surface area contributed by atoms with Crippen molar-refractivity contribution in [1.82, 2.24) is 9.78 Å². The Morgan fingerprint density at radius 2 is 2.03 bits per heavy atom. The molecule has 6 unspecified atom stereocenters. The van der Waals surface area contributed by atoms with E-state index in [1.807, 2.05) is 30.9 Å².